The van der Waals surface area contributed by atoms with Gasteiger partial charge in [0.2, 0.25) is 0 Å². The number of ether oxygens (including phenoxy) is 1. The molecule has 3 rings (SSSR count). The van der Waals surface area contributed by atoms with Crippen LogP contribution in [0.3, 0.4) is 0 Å². The lowest BCUT2D eigenvalue weighted by molar-refractivity contribution is 0.0499. The van der Waals surface area contributed by atoms with Crippen molar-refractivity contribution < 1.29 is 14.6 Å². The highest BCUT2D eigenvalue weighted by atomic mass is 16.5. The molecule has 150 valence electrons. The first-order valence-corrected chi connectivity index (χ1v) is 9.89. The lowest BCUT2D eigenvalue weighted by Gasteiger charge is -2.41. The van der Waals surface area contributed by atoms with Gasteiger partial charge in [-0.15, -0.1) is 0 Å². The number of hydrogen-bond donors (Lipinski definition) is 1. The minimum atomic E-state index is 0.100. The Morgan fingerprint density at radius 1 is 1.11 bits per heavy atom. The molecule has 5 nitrogen and oxygen atoms in total. The molecule has 1 aliphatic rings. The summed E-state index contributed by atoms with van der Waals surface area (Å²) in [6.45, 7) is 6.31. The van der Waals surface area contributed by atoms with Crippen molar-refractivity contribution in [2.75, 3.05) is 33.4 Å². The van der Waals surface area contributed by atoms with E-state index in [1.54, 1.807) is 14.0 Å². The number of carbonyl (C=O) groups is 1. The zero-order chi connectivity index (χ0) is 19.9. The highest BCUT2D eigenvalue weighted by Gasteiger charge is 2.26. The first-order valence-electron chi connectivity index (χ1n) is 9.89. The molecule has 1 fully saturated rings. The summed E-state index contributed by atoms with van der Waals surface area (Å²) >= 11 is 0. The van der Waals surface area contributed by atoms with Gasteiger partial charge in [0.15, 0.2) is 5.78 Å². The van der Waals surface area contributed by atoms with E-state index in [0.717, 1.165) is 56.0 Å². The molecule has 0 radical (unpaired) electrons. The number of aliphatic hydroxyl groups is 1. The van der Waals surface area contributed by atoms with Gasteiger partial charge in [-0.3, -0.25) is 14.6 Å². The van der Waals surface area contributed by atoms with Crippen LogP contribution < -0.4 is 4.74 Å². The van der Waals surface area contributed by atoms with Crippen molar-refractivity contribution >= 4 is 5.78 Å². The fourth-order valence-electron chi connectivity index (χ4n) is 3.88. The molecule has 1 atom stereocenters. The lowest BCUT2D eigenvalue weighted by atomic mass is 10.0. The maximum atomic E-state index is 11.6. The van der Waals surface area contributed by atoms with Crippen molar-refractivity contribution in [3.63, 3.8) is 0 Å². The molecule has 2 aromatic carbocycles. The summed E-state index contributed by atoms with van der Waals surface area (Å²) in [6.07, 6.45) is 0.758. The fourth-order valence-corrected chi connectivity index (χ4v) is 3.88. The van der Waals surface area contributed by atoms with E-state index in [-0.39, 0.29) is 12.4 Å². The Bertz CT molecular complexity index is 793. The number of benzene rings is 2. The highest BCUT2D eigenvalue weighted by molar-refractivity contribution is 5.94. The van der Waals surface area contributed by atoms with Gasteiger partial charge in [-0.2, -0.15) is 0 Å². The third kappa shape index (κ3) is 5.41. The maximum Gasteiger partial charge on any atom is 0.159 e. The SMILES string of the molecule is COc1cccc(CN2CCN(Cc3cccc(C(C)=O)c3)C[C@@H]2CCO)c1. The number of ketones is 1. The normalized spacial score (nSPS) is 18.2. The van der Waals surface area contributed by atoms with Gasteiger partial charge in [-0.25, -0.2) is 0 Å². The molecule has 0 bridgehead atoms. The molecule has 28 heavy (non-hydrogen) atoms. The van der Waals surface area contributed by atoms with Gasteiger partial charge < -0.3 is 9.84 Å². The summed E-state index contributed by atoms with van der Waals surface area (Å²) in [5.41, 5.74) is 3.16. The summed E-state index contributed by atoms with van der Waals surface area (Å²) in [4.78, 5) is 16.5. The van der Waals surface area contributed by atoms with Gasteiger partial charge in [0.05, 0.1) is 7.11 Å². The van der Waals surface area contributed by atoms with E-state index >= 15 is 0 Å². The van der Waals surface area contributed by atoms with Crippen molar-refractivity contribution in [2.45, 2.75) is 32.5 Å². The van der Waals surface area contributed by atoms with E-state index in [9.17, 15) is 9.90 Å². The predicted molar refractivity (Wildman–Crippen MR) is 111 cm³/mol. The minimum Gasteiger partial charge on any atom is -0.497 e. The number of aliphatic hydroxyl groups excluding tert-OH is 1. The van der Waals surface area contributed by atoms with E-state index in [0.29, 0.717) is 6.04 Å². The van der Waals surface area contributed by atoms with Crippen molar-refractivity contribution in [3.05, 3.63) is 65.2 Å². The Balaban J connectivity index is 1.65. The standard InChI is InChI=1S/C23H30N2O3/c1-18(27)21-7-3-5-19(13-21)15-24-10-11-25(22(17-24)9-12-26)16-20-6-4-8-23(14-20)28-2/h3-8,13-14,22,26H,9-12,15-17H2,1-2H3/t22-/m0/s1. The summed E-state index contributed by atoms with van der Waals surface area (Å²) < 4.78 is 5.34. The molecule has 0 saturated carbocycles. The van der Waals surface area contributed by atoms with Crippen LogP contribution in [0.2, 0.25) is 0 Å². The fraction of sp³-hybridized carbons (Fsp3) is 0.435. The molecular weight excluding hydrogens is 352 g/mol. The molecular formula is C23H30N2O3. The third-order valence-corrected chi connectivity index (χ3v) is 5.41. The van der Waals surface area contributed by atoms with Crippen LogP contribution >= 0.6 is 0 Å². The van der Waals surface area contributed by atoms with Crippen LogP contribution in [0.1, 0.15) is 34.8 Å². The molecule has 1 N–H and O–H groups in total. The van der Waals surface area contributed by atoms with E-state index in [1.165, 1.54) is 5.56 Å². The molecule has 1 heterocycles. The monoisotopic (exact) mass is 382 g/mol. The van der Waals surface area contributed by atoms with Gasteiger partial charge in [0.1, 0.15) is 5.75 Å². The van der Waals surface area contributed by atoms with Crippen LogP contribution in [0.5, 0.6) is 5.75 Å². The Kier molecular flexibility index (Phi) is 7.20. The van der Waals surface area contributed by atoms with Crippen molar-refractivity contribution in [2.24, 2.45) is 0 Å². The molecule has 1 aliphatic heterocycles. The van der Waals surface area contributed by atoms with Crippen LogP contribution in [-0.4, -0.2) is 60.1 Å². The van der Waals surface area contributed by atoms with Gasteiger partial charge in [-0.05, 0) is 42.7 Å². The smallest absolute Gasteiger partial charge is 0.159 e. The van der Waals surface area contributed by atoms with Crippen LogP contribution in [-0.2, 0) is 13.1 Å². The molecule has 5 heteroatoms. The van der Waals surface area contributed by atoms with Crippen molar-refractivity contribution in [1.82, 2.24) is 9.80 Å². The molecule has 2 aromatic rings. The molecule has 0 aromatic heterocycles. The van der Waals surface area contributed by atoms with Crippen LogP contribution in [0, 0.1) is 0 Å². The molecule has 0 spiro atoms. The summed E-state index contributed by atoms with van der Waals surface area (Å²) in [5.74, 6) is 0.975. The summed E-state index contributed by atoms with van der Waals surface area (Å²) in [5, 5.41) is 9.56. The Hall–Kier alpha value is -2.21. The van der Waals surface area contributed by atoms with Crippen molar-refractivity contribution in [1.29, 1.82) is 0 Å². The summed E-state index contributed by atoms with van der Waals surface area (Å²) in [6, 6.07) is 16.4. The first-order chi connectivity index (χ1) is 13.6. The van der Waals surface area contributed by atoms with E-state index in [4.69, 9.17) is 4.74 Å². The van der Waals surface area contributed by atoms with E-state index < -0.39 is 0 Å². The summed E-state index contributed by atoms with van der Waals surface area (Å²) in [7, 11) is 1.69. The van der Waals surface area contributed by atoms with Gasteiger partial charge in [-0.1, -0.05) is 30.3 Å². The van der Waals surface area contributed by atoms with Crippen molar-refractivity contribution in [3.8, 4) is 5.75 Å². The van der Waals surface area contributed by atoms with Gasteiger partial charge >= 0.3 is 0 Å². The molecule has 1 saturated heterocycles. The van der Waals surface area contributed by atoms with Gasteiger partial charge in [0, 0.05) is 50.9 Å². The zero-order valence-electron chi connectivity index (χ0n) is 16.8. The third-order valence-electron chi connectivity index (χ3n) is 5.41. The highest BCUT2D eigenvalue weighted by Crippen LogP contribution is 2.21. The molecule has 0 unspecified atom stereocenters. The number of carbonyl (C=O) groups excluding carboxylic acids is 1. The lowest BCUT2D eigenvalue weighted by Crippen LogP contribution is -2.52. The Morgan fingerprint density at radius 3 is 2.57 bits per heavy atom. The van der Waals surface area contributed by atoms with Gasteiger partial charge in [0.25, 0.3) is 0 Å². The second-order valence-corrected chi connectivity index (χ2v) is 7.48. The van der Waals surface area contributed by atoms with Crippen LogP contribution in [0.15, 0.2) is 48.5 Å². The molecule has 0 amide bonds. The van der Waals surface area contributed by atoms with E-state index in [2.05, 4.69) is 28.0 Å². The Morgan fingerprint density at radius 2 is 1.86 bits per heavy atom. The topological polar surface area (TPSA) is 53.0 Å². The Labute approximate surface area is 167 Å². The largest absolute Gasteiger partial charge is 0.497 e. The van der Waals surface area contributed by atoms with Crippen LogP contribution in [0.4, 0.5) is 0 Å². The zero-order valence-corrected chi connectivity index (χ0v) is 16.8. The number of piperazine rings is 1. The number of nitrogens with zero attached hydrogens (tertiary/aromatic N) is 2. The average molecular weight is 383 g/mol. The number of rotatable bonds is 8. The molecule has 0 aliphatic carbocycles. The second-order valence-electron chi connectivity index (χ2n) is 7.48. The number of Topliss-reactive ketones (excluding diaryl/α,β-unsaturated/α-hetero) is 1. The average Bonchev–Trinajstić information content (AvgIpc) is 2.70. The number of methoxy groups -OCH3 is 1. The maximum absolute atomic E-state index is 11.6. The van der Waals surface area contributed by atoms with Crippen LogP contribution in [0.25, 0.3) is 0 Å². The predicted octanol–water partition coefficient (Wildman–Crippen LogP) is 2.97. The quantitative estimate of drug-likeness (QED) is 0.712. The second kappa shape index (κ2) is 9.82. The minimum absolute atomic E-state index is 0.100. The first kappa shape index (κ1) is 20.5. The number of hydrogen-bond acceptors (Lipinski definition) is 5. The van der Waals surface area contributed by atoms with E-state index in [1.807, 2.05) is 30.3 Å².